The van der Waals surface area contributed by atoms with Crippen LogP contribution in [0.5, 0.6) is 11.5 Å². The standard InChI is InChI=1S/C40H26ClN3O2/c41-28-23-24-32(40(45)33-19-9-11-21-35(33)46-36-22-12-10-20-34(36)40)31(25-28)29-17-7-8-18-30(29)39-43-37(26-13-3-1-4-14-26)42-38(44-39)27-15-5-2-6-16-27/h1-25,45H. The first-order valence-electron chi connectivity index (χ1n) is 15.0. The summed E-state index contributed by atoms with van der Waals surface area (Å²) < 4.78 is 6.25. The topological polar surface area (TPSA) is 68.1 Å². The molecule has 0 bridgehead atoms. The van der Waals surface area contributed by atoms with Gasteiger partial charge in [0.15, 0.2) is 17.5 Å². The van der Waals surface area contributed by atoms with Gasteiger partial charge in [0.1, 0.15) is 17.1 Å². The lowest BCUT2D eigenvalue weighted by Gasteiger charge is -2.37. The summed E-state index contributed by atoms with van der Waals surface area (Å²) in [5.41, 5.74) is 4.53. The van der Waals surface area contributed by atoms with Crippen LogP contribution < -0.4 is 4.74 Å². The molecule has 0 fully saturated rings. The molecular weight excluding hydrogens is 590 g/mol. The fraction of sp³-hybridized carbons (Fsp3) is 0.0250. The van der Waals surface area contributed by atoms with Crippen LogP contribution in [0.2, 0.25) is 5.02 Å². The van der Waals surface area contributed by atoms with Gasteiger partial charge in [0.25, 0.3) is 0 Å². The van der Waals surface area contributed by atoms with Crippen LogP contribution in [0.4, 0.5) is 0 Å². The summed E-state index contributed by atoms with van der Waals surface area (Å²) in [5.74, 6) is 2.83. The van der Waals surface area contributed by atoms with E-state index in [0.717, 1.165) is 27.8 Å². The van der Waals surface area contributed by atoms with Gasteiger partial charge in [-0.15, -0.1) is 0 Å². The van der Waals surface area contributed by atoms with Gasteiger partial charge >= 0.3 is 0 Å². The molecule has 0 saturated heterocycles. The highest BCUT2D eigenvalue weighted by Crippen LogP contribution is 2.52. The average Bonchev–Trinajstić information content (AvgIpc) is 3.12. The molecular formula is C40H26ClN3O2. The Kier molecular flexibility index (Phi) is 6.90. The summed E-state index contributed by atoms with van der Waals surface area (Å²) in [7, 11) is 0. The van der Waals surface area contributed by atoms with Crippen molar-refractivity contribution in [3.8, 4) is 56.8 Å². The van der Waals surface area contributed by atoms with Gasteiger partial charge in [-0.3, -0.25) is 0 Å². The molecule has 7 aromatic rings. The monoisotopic (exact) mass is 615 g/mol. The van der Waals surface area contributed by atoms with E-state index < -0.39 is 5.60 Å². The maximum Gasteiger partial charge on any atom is 0.164 e. The number of hydrogen-bond acceptors (Lipinski definition) is 5. The molecule has 220 valence electrons. The average molecular weight is 616 g/mol. The van der Waals surface area contributed by atoms with Gasteiger partial charge in [0.2, 0.25) is 0 Å². The summed E-state index contributed by atoms with van der Waals surface area (Å²) in [6.45, 7) is 0. The van der Waals surface area contributed by atoms with Gasteiger partial charge in [-0.25, -0.2) is 15.0 Å². The molecule has 1 N–H and O–H groups in total. The van der Waals surface area contributed by atoms with Crippen molar-refractivity contribution in [2.24, 2.45) is 0 Å². The molecule has 0 aliphatic carbocycles. The molecule has 0 amide bonds. The Bertz CT molecular complexity index is 2120. The molecule has 8 rings (SSSR count). The Morgan fingerprint density at radius 3 is 1.52 bits per heavy atom. The Morgan fingerprint density at radius 1 is 0.457 bits per heavy atom. The fourth-order valence-electron chi connectivity index (χ4n) is 6.16. The van der Waals surface area contributed by atoms with Crippen molar-refractivity contribution in [1.29, 1.82) is 0 Å². The zero-order valence-corrected chi connectivity index (χ0v) is 25.3. The molecule has 0 spiro atoms. The minimum atomic E-state index is -1.54. The van der Waals surface area contributed by atoms with Gasteiger partial charge < -0.3 is 9.84 Å². The van der Waals surface area contributed by atoms with E-state index >= 15 is 0 Å². The molecule has 6 heteroatoms. The molecule has 2 heterocycles. The second-order valence-electron chi connectivity index (χ2n) is 11.1. The molecule has 0 saturated carbocycles. The largest absolute Gasteiger partial charge is 0.457 e. The van der Waals surface area contributed by atoms with Crippen LogP contribution in [0.25, 0.3) is 45.3 Å². The highest BCUT2D eigenvalue weighted by atomic mass is 35.5. The van der Waals surface area contributed by atoms with E-state index in [1.807, 2.05) is 152 Å². The van der Waals surface area contributed by atoms with Crippen LogP contribution >= 0.6 is 11.6 Å². The number of benzene rings is 6. The van der Waals surface area contributed by atoms with Crippen molar-refractivity contribution in [2.45, 2.75) is 5.60 Å². The lowest BCUT2D eigenvalue weighted by atomic mass is 9.75. The second kappa shape index (κ2) is 11.4. The number of aromatic nitrogens is 3. The Morgan fingerprint density at radius 2 is 0.935 bits per heavy atom. The van der Waals surface area contributed by atoms with Crippen LogP contribution in [-0.2, 0) is 5.60 Å². The molecule has 0 radical (unpaired) electrons. The third-order valence-corrected chi connectivity index (χ3v) is 8.54. The van der Waals surface area contributed by atoms with E-state index in [4.69, 9.17) is 31.3 Å². The normalized spacial score (nSPS) is 12.9. The number of para-hydroxylation sites is 2. The van der Waals surface area contributed by atoms with Crippen LogP contribution in [0.15, 0.2) is 152 Å². The maximum atomic E-state index is 13.0. The SMILES string of the molecule is OC1(c2ccc(Cl)cc2-c2ccccc2-c2nc(-c3ccccc3)nc(-c3ccccc3)n2)c2ccccc2Oc2ccccc21. The molecule has 5 nitrogen and oxygen atoms in total. The number of hydrogen-bond donors (Lipinski definition) is 1. The van der Waals surface area contributed by atoms with Crippen LogP contribution in [0.3, 0.4) is 0 Å². The zero-order valence-electron chi connectivity index (χ0n) is 24.5. The lowest BCUT2D eigenvalue weighted by molar-refractivity contribution is 0.113. The second-order valence-corrected chi connectivity index (χ2v) is 11.5. The minimum Gasteiger partial charge on any atom is -0.457 e. The van der Waals surface area contributed by atoms with Crippen molar-refractivity contribution in [3.63, 3.8) is 0 Å². The van der Waals surface area contributed by atoms with Gasteiger partial charge in [0, 0.05) is 38.4 Å². The molecule has 1 aromatic heterocycles. The van der Waals surface area contributed by atoms with E-state index in [-0.39, 0.29) is 0 Å². The summed E-state index contributed by atoms with van der Waals surface area (Å²) >= 11 is 6.71. The number of halogens is 1. The minimum absolute atomic E-state index is 0.508. The Labute approximate surface area is 271 Å². The fourth-order valence-corrected chi connectivity index (χ4v) is 6.33. The third kappa shape index (κ3) is 4.74. The summed E-state index contributed by atoms with van der Waals surface area (Å²) in [5, 5.41) is 13.5. The van der Waals surface area contributed by atoms with Crippen LogP contribution in [0, 0.1) is 0 Å². The quantitative estimate of drug-likeness (QED) is 0.209. The molecule has 0 atom stereocenters. The van der Waals surface area contributed by atoms with E-state index in [0.29, 0.717) is 50.7 Å². The van der Waals surface area contributed by atoms with Crippen LogP contribution in [-0.4, -0.2) is 20.1 Å². The van der Waals surface area contributed by atoms with Crippen molar-refractivity contribution < 1.29 is 9.84 Å². The maximum absolute atomic E-state index is 13.0. The number of ether oxygens (including phenoxy) is 1. The van der Waals surface area contributed by atoms with Crippen LogP contribution in [0.1, 0.15) is 16.7 Å². The number of fused-ring (bicyclic) bond motifs is 2. The third-order valence-electron chi connectivity index (χ3n) is 8.30. The summed E-state index contributed by atoms with van der Waals surface area (Å²) in [6.07, 6.45) is 0. The van der Waals surface area contributed by atoms with E-state index in [1.165, 1.54) is 0 Å². The first kappa shape index (κ1) is 27.9. The van der Waals surface area contributed by atoms with Crippen molar-refractivity contribution >= 4 is 11.6 Å². The number of nitrogens with zero attached hydrogens (tertiary/aromatic N) is 3. The first-order valence-corrected chi connectivity index (χ1v) is 15.3. The van der Waals surface area contributed by atoms with E-state index in [1.54, 1.807) is 0 Å². The van der Waals surface area contributed by atoms with Crippen molar-refractivity contribution in [1.82, 2.24) is 15.0 Å². The molecule has 46 heavy (non-hydrogen) atoms. The Balaban J connectivity index is 1.38. The predicted molar refractivity (Wildman–Crippen MR) is 182 cm³/mol. The Hall–Kier alpha value is -5.62. The number of aliphatic hydroxyl groups is 1. The highest BCUT2D eigenvalue weighted by molar-refractivity contribution is 6.31. The van der Waals surface area contributed by atoms with Gasteiger partial charge in [0.05, 0.1) is 0 Å². The number of rotatable bonds is 5. The summed E-state index contributed by atoms with van der Waals surface area (Å²) in [6, 6.07) is 48.5. The molecule has 1 aliphatic heterocycles. The predicted octanol–water partition coefficient (Wildman–Crippen LogP) is 9.58. The summed E-state index contributed by atoms with van der Waals surface area (Å²) in [4.78, 5) is 14.9. The lowest BCUT2D eigenvalue weighted by Crippen LogP contribution is -2.33. The van der Waals surface area contributed by atoms with Gasteiger partial charge in [-0.05, 0) is 35.4 Å². The molecule has 6 aromatic carbocycles. The van der Waals surface area contributed by atoms with Crippen molar-refractivity contribution in [2.75, 3.05) is 0 Å². The van der Waals surface area contributed by atoms with Gasteiger partial charge in [-0.2, -0.15) is 0 Å². The smallest absolute Gasteiger partial charge is 0.164 e. The first-order chi connectivity index (χ1) is 22.6. The molecule has 1 aliphatic rings. The highest BCUT2D eigenvalue weighted by Gasteiger charge is 2.43. The molecule has 0 unspecified atom stereocenters. The van der Waals surface area contributed by atoms with E-state index in [9.17, 15) is 5.11 Å². The zero-order chi connectivity index (χ0) is 31.1. The van der Waals surface area contributed by atoms with E-state index in [2.05, 4.69) is 0 Å². The van der Waals surface area contributed by atoms with Crippen molar-refractivity contribution in [3.05, 3.63) is 173 Å². The van der Waals surface area contributed by atoms with Gasteiger partial charge in [-0.1, -0.05) is 139 Å².